The van der Waals surface area contributed by atoms with E-state index in [1.807, 2.05) is 32.8 Å². The van der Waals surface area contributed by atoms with Crippen LogP contribution >= 0.6 is 0 Å². The summed E-state index contributed by atoms with van der Waals surface area (Å²) in [4.78, 5) is 13.4. The first-order valence-electron chi connectivity index (χ1n) is 4.32. The third-order valence-electron chi connectivity index (χ3n) is 1.89. The van der Waals surface area contributed by atoms with Crippen LogP contribution in [0.25, 0.3) is 0 Å². The van der Waals surface area contributed by atoms with Gasteiger partial charge in [-0.1, -0.05) is 12.5 Å². The van der Waals surface area contributed by atoms with Crippen LogP contribution in [0.1, 0.15) is 26.7 Å². The average Bonchev–Trinajstić information content (AvgIpc) is 1.98. The molecule has 0 heterocycles. The van der Waals surface area contributed by atoms with E-state index in [4.69, 9.17) is 0 Å². The monoisotopic (exact) mass is 169 g/mol. The molecule has 0 saturated heterocycles. The number of Topliss-reactive ketones (excluding diaryl/α,β-unsaturated/α-hetero) is 1. The van der Waals surface area contributed by atoms with Crippen molar-refractivity contribution in [1.29, 1.82) is 0 Å². The quantitative estimate of drug-likeness (QED) is 0.585. The summed E-state index contributed by atoms with van der Waals surface area (Å²) >= 11 is 0. The van der Waals surface area contributed by atoms with Gasteiger partial charge in [-0.2, -0.15) is 0 Å². The van der Waals surface area contributed by atoms with E-state index in [0.717, 1.165) is 12.0 Å². The molecule has 0 bridgehead atoms. The second-order valence-electron chi connectivity index (χ2n) is 3.46. The van der Waals surface area contributed by atoms with Gasteiger partial charge in [0.15, 0.2) is 0 Å². The molecule has 1 atom stereocenters. The highest BCUT2D eigenvalue weighted by molar-refractivity contribution is 5.83. The lowest BCUT2D eigenvalue weighted by Gasteiger charge is -2.22. The smallest absolute Gasteiger partial charge is 0.149 e. The van der Waals surface area contributed by atoms with E-state index in [1.54, 1.807) is 0 Å². The Hall–Kier alpha value is -0.630. The molecule has 0 aliphatic carbocycles. The van der Waals surface area contributed by atoms with Gasteiger partial charge in [-0.15, -0.1) is 6.58 Å². The van der Waals surface area contributed by atoms with Crippen molar-refractivity contribution in [2.45, 2.75) is 32.7 Å². The van der Waals surface area contributed by atoms with Crippen LogP contribution in [-0.2, 0) is 4.79 Å². The zero-order chi connectivity index (χ0) is 9.72. The molecule has 0 N–H and O–H groups in total. The Morgan fingerprint density at radius 3 is 2.25 bits per heavy atom. The second-order valence-corrected chi connectivity index (χ2v) is 3.46. The minimum atomic E-state index is 0.0208. The molecule has 0 rings (SSSR count). The van der Waals surface area contributed by atoms with Gasteiger partial charge in [0.25, 0.3) is 0 Å². The molecule has 0 aromatic heterocycles. The maximum Gasteiger partial charge on any atom is 0.149 e. The van der Waals surface area contributed by atoms with E-state index in [9.17, 15) is 4.79 Å². The molecule has 0 fully saturated rings. The largest absolute Gasteiger partial charge is 0.299 e. The Morgan fingerprint density at radius 2 is 2.00 bits per heavy atom. The normalized spacial score (nSPS) is 13.1. The molecule has 0 amide bonds. The summed E-state index contributed by atoms with van der Waals surface area (Å²) in [5.41, 5.74) is 1.07. The van der Waals surface area contributed by atoms with Crippen molar-refractivity contribution in [1.82, 2.24) is 4.90 Å². The van der Waals surface area contributed by atoms with Gasteiger partial charge in [0, 0.05) is 6.42 Å². The van der Waals surface area contributed by atoms with Crippen LogP contribution in [0.15, 0.2) is 12.2 Å². The molecule has 2 nitrogen and oxygen atoms in total. The van der Waals surface area contributed by atoms with Crippen molar-refractivity contribution in [3.05, 3.63) is 12.2 Å². The first-order chi connectivity index (χ1) is 5.49. The Bertz CT molecular complexity index is 173. The van der Waals surface area contributed by atoms with Gasteiger partial charge in [0.05, 0.1) is 6.04 Å². The third-order valence-corrected chi connectivity index (χ3v) is 1.89. The van der Waals surface area contributed by atoms with Crippen molar-refractivity contribution >= 4 is 5.78 Å². The minimum absolute atomic E-state index is 0.0208. The van der Waals surface area contributed by atoms with E-state index in [-0.39, 0.29) is 6.04 Å². The topological polar surface area (TPSA) is 20.3 Å². The van der Waals surface area contributed by atoms with Crippen molar-refractivity contribution in [3.63, 3.8) is 0 Å². The van der Waals surface area contributed by atoms with E-state index in [2.05, 4.69) is 6.58 Å². The number of rotatable bonds is 5. The predicted octanol–water partition coefficient (Wildman–Crippen LogP) is 1.86. The highest BCUT2D eigenvalue weighted by Gasteiger charge is 2.18. The van der Waals surface area contributed by atoms with E-state index in [1.165, 1.54) is 0 Å². The fourth-order valence-corrected chi connectivity index (χ4v) is 1.15. The standard InChI is InChI=1S/C10H19NO/c1-6-10(12)9(11(4)5)7-8(2)3/h9H,2,6-7H2,1,3-5H3. The molecule has 0 aromatic carbocycles. The number of hydrogen-bond acceptors (Lipinski definition) is 2. The minimum Gasteiger partial charge on any atom is -0.299 e. The Kier molecular flexibility index (Phi) is 4.83. The summed E-state index contributed by atoms with van der Waals surface area (Å²) in [5, 5.41) is 0. The molecule has 0 aromatic rings. The molecule has 12 heavy (non-hydrogen) atoms. The number of nitrogens with zero attached hydrogens (tertiary/aromatic N) is 1. The zero-order valence-corrected chi connectivity index (χ0v) is 8.55. The Balaban J connectivity index is 4.23. The summed E-state index contributed by atoms with van der Waals surface area (Å²) in [7, 11) is 3.86. The molecule has 0 spiro atoms. The van der Waals surface area contributed by atoms with Crippen molar-refractivity contribution in [2.75, 3.05) is 14.1 Å². The molecular formula is C10H19NO. The molecule has 0 radical (unpaired) electrons. The lowest BCUT2D eigenvalue weighted by atomic mass is 10.0. The van der Waals surface area contributed by atoms with Crippen LogP contribution in [0.5, 0.6) is 0 Å². The van der Waals surface area contributed by atoms with Crippen LogP contribution in [0, 0.1) is 0 Å². The fraction of sp³-hybridized carbons (Fsp3) is 0.700. The molecule has 0 aliphatic rings. The molecular weight excluding hydrogens is 150 g/mol. The number of carbonyl (C=O) groups excluding carboxylic acids is 1. The molecule has 0 saturated carbocycles. The highest BCUT2D eigenvalue weighted by Crippen LogP contribution is 2.09. The predicted molar refractivity (Wildman–Crippen MR) is 52.2 cm³/mol. The Labute approximate surface area is 75.3 Å². The van der Waals surface area contributed by atoms with E-state index < -0.39 is 0 Å². The first-order valence-corrected chi connectivity index (χ1v) is 4.32. The van der Waals surface area contributed by atoms with Gasteiger partial charge in [-0.25, -0.2) is 0 Å². The SMILES string of the molecule is C=C(C)CC(C(=O)CC)N(C)C. The maximum absolute atomic E-state index is 11.4. The van der Waals surface area contributed by atoms with Crippen molar-refractivity contribution in [2.24, 2.45) is 0 Å². The van der Waals surface area contributed by atoms with E-state index in [0.29, 0.717) is 12.2 Å². The van der Waals surface area contributed by atoms with Crippen molar-refractivity contribution < 1.29 is 4.79 Å². The zero-order valence-electron chi connectivity index (χ0n) is 8.55. The third kappa shape index (κ3) is 3.67. The van der Waals surface area contributed by atoms with Crippen LogP contribution in [0.4, 0.5) is 0 Å². The second kappa shape index (κ2) is 5.09. The van der Waals surface area contributed by atoms with Crippen LogP contribution in [0.3, 0.4) is 0 Å². The van der Waals surface area contributed by atoms with Gasteiger partial charge in [0.1, 0.15) is 5.78 Å². The highest BCUT2D eigenvalue weighted by atomic mass is 16.1. The first kappa shape index (κ1) is 11.4. The van der Waals surface area contributed by atoms with Gasteiger partial charge >= 0.3 is 0 Å². The molecule has 2 heteroatoms. The van der Waals surface area contributed by atoms with E-state index >= 15 is 0 Å². The van der Waals surface area contributed by atoms with Crippen LogP contribution < -0.4 is 0 Å². The lowest BCUT2D eigenvalue weighted by molar-refractivity contribution is -0.123. The van der Waals surface area contributed by atoms with Gasteiger partial charge in [0.2, 0.25) is 0 Å². The number of carbonyl (C=O) groups is 1. The van der Waals surface area contributed by atoms with Crippen molar-refractivity contribution in [3.8, 4) is 0 Å². The fourth-order valence-electron chi connectivity index (χ4n) is 1.15. The summed E-state index contributed by atoms with van der Waals surface area (Å²) in [6, 6.07) is 0.0208. The Morgan fingerprint density at radius 1 is 1.50 bits per heavy atom. The summed E-state index contributed by atoms with van der Waals surface area (Å²) in [6.45, 7) is 7.67. The molecule has 1 unspecified atom stereocenters. The molecule has 0 aliphatic heterocycles. The van der Waals surface area contributed by atoms with Gasteiger partial charge < -0.3 is 0 Å². The van der Waals surface area contributed by atoms with Crippen LogP contribution in [0.2, 0.25) is 0 Å². The number of hydrogen-bond donors (Lipinski definition) is 0. The summed E-state index contributed by atoms with van der Waals surface area (Å²) in [6.07, 6.45) is 1.38. The number of likely N-dealkylation sites (N-methyl/N-ethyl adjacent to an activating group) is 1. The molecule has 70 valence electrons. The average molecular weight is 169 g/mol. The van der Waals surface area contributed by atoms with Crippen LogP contribution in [-0.4, -0.2) is 30.8 Å². The van der Waals surface area contributed by atoms with Gasteiger partial charge in [-0.3, -0.25) is 9.69 Å². The lowest BCUT2D eigenvalue weighted by Crippen LogP contribution is -2.35. The number of ketones is 1. The summed E-state index contributed by atoms with van der Waals surface area (Å²) < 4.78 is 0. The maximum atomic E-state index is 11.4. The summed E-state index contributed by atoms with van der Waals surface area (Å²) in [5.74, 6) is 0.294. The van der Waals surface area contributed by atoms with Gasteiger partial charge in [-0.05, 0) is 27.4 Å².